The number of hydrogen-bond donors (Lipinski definition) is 0. The van der Waals surface area contributed by atoms with Gasteiger partial charge in [-0.2, -0.15) is 0 Å². The van der Waals surface area contributed by atoms with Gasteiger partial charge in [0, 0.05) is 6.54 Å². The fraction of sp³-hybridized carbons (Fsp3) is 0.292. The first-order valence-corrected chi connectivity index (χ1v) is 12.6. The molecule has 1 unspecified atom stereocenters. The van der Waals surface area contributed by atoms with Crippen molar-refractivity contribution in [3.8, 4) is 11.5 Å². The van der Waals surface area contributed by atoms with Crippen LogP contribution >= 0.6 is 35.6 Å². The molecule has 11 heteroatoms. The highest BCUT2D eigenvalue weighted by Gasteiger charge is 2.34. The van der Waals surface area contributed by atoms with Gasteiger partial charge in [-0.1, -0.05) is 41.6 Å². The summed E-state index contributed by atoms with van der Waals surface area (Å²) in [6.45, 7) is 4.98. The minimum absolute atomic E-state index is 0.0347. The average Bonchev–Trinajstić information content (AvgIpc) is 3.32. The molecule has 35 heavy (non-hydrogen) atoms. The van der Waals surface area contributed by atoms with E-state index in [1.54, 1.807) is 36.1 Å². The van der Waals surface area contributed by atoms with Gasteiger partial charge in [0.15, 0.2) is 4.32 Å². The minimum atomic E-state index is -0.402. The molecule has 0 saturated carbocycles. The van der Waals surface area contributed by atoms with Crippen molar-refractivity contribution >= 4 is 58.0 Å². The van der Waals surface area contributed by atoms with Crippen molar-refractivity contribution in [1.82, 2.24) is 9.96 Å². The maximum atomic E-state index is 12.5. The summed E-state index contributed by atoms with van der Waals surface area (Å²) in [5, 5.41) is 1.33. The molecule has 4 rings (SSSR count). The molecule has 1 atom stereocenters. The Hall–Kier alpha value is -2.63. The van der Waals surface area contributed by atoms with Crippen molar-refractivity contribution in [3.05, 3.63) is 63.5 Å². The maximum absolute atomic E-state index is 12.5. The SMILES string of the molecule is CCOON1C(=O)/C(=C\c2ccc(Oc3ccc(CC4COC(=O)N4CC)cc3)c(Cl)c2)SC1=S. The van der Waals surface area contributed by atoms with Gasteiger partial charge >= 0.3 is 6.09 Å². The van der Waals surface area contributed by atoms with E-state index >= 15 is 0 Å². The highest BCUT2D eigenvalue weighted by Crippen LogP contribution is 2.35. The summed E-state index contributed by atoms with van der Waals surface area (Å²) in [6.07, 6.45) is 2.12. The van der Waals surface area contributed by atoms with Crippen LogP contribution < -0.4 is 4.74 Å². The molecule has 2 fully saturated rings. The normalized spacial score (nSPS) is 19.1. The van der Waals surface area contributed by atoms with Crippen LogP contribution in [0, 0.1) is 0 Å². The number of thioether (sulfide) groups is 1. The molecule has 2 amide bonds. The van der Waals surface area contributed by atoms with E-state index in [0.717, 1.165) is 22.4 Å². The highest BCUT2D eigenvalue weighted by atomic mass is 35.5. The van der Waals surface area contributed by atoms with E-state index in [1.165, 1.54) is 0 Å². The maximum Gasteiger partial charge on any atom is 0.410 e. The largest absolute Gasteiger partial charge is 0.456 e. The van der Waals surface area contributed by atoms with Crippen LogP contribution in [-0.2, 0) is 25.8 Å². The molecular formula is C24H23ClN2O6S2. The Labute approximate surface area is 217 Å². The quantitative estimate of drug-likeness (QED) is 0.178. The Kier molecular flexibility index (Phi) is 8.30. The standard InChI is InChI=1S/C24H23ClN2O6S2/c1-3-26-17(14-30-23(26)29)11-15-5-8-18(9-6-15)32-20-10-7-16(12-19(20)25)13-21-22(28)27(24(34)35-21)33-31-4-2/h5-10,12-13,17H,3-4,11,14H2,1-2H3/b21-13+. The number of ether oxygens (including phenoxy) is 2. The Morgan fingerprint density at radius 2 is 1.97 bits per heavy atom. The van der Waals surface area contributed by atoms with Crippen molar-refractivity contribution in [3.63, 3.8) is 0 Å². The Morgan fingerprint density at radius 3 is 2.66 bits per heavy atom. The van der Waals surface area contributed by atoms with Crippen molar-refractivity contribution < 1.29 is 28.9 Å². The van der Waals surface area contributed by atoms with Gasteiger partial charge in [-0.25, -0.2) is 9.68 Å². The number of benzene rings is 2. The van der Waals surface area contributed by atoms with E-state index in [2.05, 4.69) is 0 Å². The van der Waals surface area contributed by atoms with E-state index in [1.807, 2.05) is 31.2 Å². The molecule has 2 aliphatic rings. The van der Waals surface area contributed by atoms with Crippen LogP contribution in [0.3, 0.4) is 0 Å². The number of likely N-dealkylation sites (N-methyl/N-ethyl adjacent to an activating group) is 1. The second kappa shape index (κ2) is 11.4. The molecule has 2 heterocycles. The van der Waals surface area contributed by atoms with Crippen molar-refractivity contribution in [2.45, 2.75) is 26.3 Å². The third kappa shape index (κ3) is 5.96. The first-order valence-electron chi connectivity index (χ1n) is 11.0. The molecule has 2 aromatic rings. The predicted molar refractivity (Wildman–Crippen MR) is 137 cm³/mol. The first-order chi connectivity index (χ1) is 16.9. The Morgan fingerprint density at radius 1 is 1.20 bits per heavy atom. The summed E-state index contributed by atoms with van der Waals surface area (Å²) in [4.78, 5) is 36.1. The zero-order valence-electron chi connectivity index (χ0n) is 19.1. The fourth-order valence-corrected chi connectivity index (χ4v) is 4.96. The zero-order valence-corrected chi connectivity index (χ0v) is 21.5. The van der Waals surface area contributed by atoms with E-state index in [-0.39, 0.29) is 23.1 Å². The Balaban J connectivity index is 1.39. The van der Waals surface area contributed by atoms with E-state index in [4.69, 9.17) is 43.2 Å². The number of carbonyl (C=O) groups is 2. The molecule has 0 N–H and O–H groups in total. The lowest BCUT2D eigenvalue weighted by atomic mass is 10.1. The number of amides is 2. The summed E-state index contributed by atoms with van der Waals surface area (Å²) >= 11 is 12.7. The third-order valence-corrected chi connectivity index (χ3v) is 6.86. The van der Waals surface area contributed by atoms with Crippen molar-refractivity contribution in [2.24, 2.45) is 0 Å². The lowest BCUT2D eigenvalue weighted by molar-refractivity contribution is -0.381. The van der Waals surface area contributed by atoms with Crippen LogP contribution in [0.1, 0.15) is 25.0 Å². The molecule has 0 bridgehead atoms. The molecule has 0 aliphatic carbocycles. The summed E-state index contributed by atoms with van der Waals surface area (Å²) in [7, 11) is 0. The van der Waals surface area contributed by atoms with Gasteiger partial charge < -0.3 is 14.4 Å². The van der Waals surface area contributed by atoms with E-state index in [9.17, 15) is 9.59 Å². The van der Waals surface area contributed by atoms with Gasteiger partial charge in [0.2, 0.25) is 0 Å². The monoisotopic (exact) mass is 534 g/mol. The number of rotatable bonds is 9. The molecule has 0 radical (unpaired) electrons. The van der Waals surface area contributed by atoms with Gasteiger partial charge in [0.1, 0.15) is 18.1 Å². The first kappa shape index (κ1) is 25.5. The van der Waals surface area contributed by atoms with Gasteiger partial charge in [-0.15, -0.1) is 10.1 Å². The molecule has 8 nitrogen and oxygen atoms in total. The van der Waals surface area contributed by atoms with Crippen LogP contribution in [0.25, 0.3) is 6.08 Å². The minimum Gasteiger partial charge on any atom is -0.456 e. The van der Waals surface area contributed by atoms with Crippen LogP contribution in [-0.4, -0.2) is 52.1 Å². The molecule has 0 aromatic heterocycles. The zero-order chi connectivity index (χ0) is 24.9. The second-order valence-electron chi connectivity index (χ2n) is 7.61. The van der Waals surface area contributed by atoms with Gasteiger partial charge in [-0.3, -0.25) is 4.79 Å². The number of hydrogen-bond acceptors (Lipinski definition) is 8. The second-order valence-corrected chi connectivity index (χ2v) is 9.70. The van der Waals surface area contributed by atoms with Crippen molar-refractivity contribution in [2.75, 3.05) is 19.8 Å². The number of thiocarbonyl (C=S) groups is 1. The van der Waals surface area contributed by atoms with Crippen molar-refractivity contribution in [1.29, 1.82) is 0 Å². The predicted octanol–water partition coefficient (Wildman–Crippen LogP) is 5.60. The van der Waals surface area contributed by atoms with Gasteiger partial charge in [0.05, 0.1) is 22.6 Å². The summed E-state index contributed by atoms with van der Waals surface area (Å²) in [5.41, 5.74) is 1.79. The molecule has 0 spiro atoms. The lowest BCUT2D eigenvalue weighted by Crippen LogP contribution is -2.34. The lowest BCUT2D eigenvalue weighted by Gasteiger charge is -2.19. The number of carbonyl (C=O) groups excluding carboxylic acids is 2. The Bertz CT molecular complexity index is 1160. The molecule has 2 saturated heterocycles. The van der Waals surface area contributed by atoms with Gasteiger partial charge in [-0.05, 0) is 74.0 Å². The number of nitrogens with zero attached hydrogens (tertiary/aromatic N) is 2. The van der Waals surface area contributed by atoms with E-state index in [0.29, 0.717) is 46.6 Å². The smallest absolute Gasteiger partial charge is 0.410 e. The van der Waals surface area contributed by atoms with Crippen LogP contribution in [0.4, 0.5) is 4.79 Å². The number of hydroxylamine groups is 2. The van der Waals surface area contributed by atoms with Crippen LogP contribution in [0.5, 0.6) is 11.5 Å². The topological polar surface area (TPSA) is 77.5 Å². The molecule has 184 valence electrons. The van der Waals surface area contributed by atoms with E-state index < -0.39 is 5.91 Å². The van der Waals surface area contributed by atoms with Crippen LogP contribution in [0.2, 0.25) is 5.02 Å². The summed E-state index contributed by atoms with van der Waals surface area (Å²) < 4.78 is 11.3. The third-order valence-electron chi connectivity index (χ3n) is 5.29. The summed E-state index contributed by atoms with van der Waals surface area (Å²) in [6, 6.07) is 12.9. The van der Waals surface area contributed by atoms with Crippen LogP contribution in [0.15, 0.2) is 47.4 Å². The fourth-order valence-electron chi connectivity index (χ4n) is 3.60. The van der Waals surface area contributed by atoms with Gasteiger partial charge in [0.25, 0.3) is 5.91 Å². The highest BCUT2D eigenvalue weighted by molar-refractivity contribution is 8.26. The number of halogens is 1. The average molecular weight is 535 g/mol. The number of cyclic esters (lactones) is 1. The molecule has 2 aromatic carbocycles. The summed E-state index contributed by atoms with van der Waals surface area (Å²) in [5.74, 6) is 0.708. The molecule has 2 aliphatic heterocycles. The molecular weight excluding hydrogens is 512 g/mol.